The Balaban J connectivity index is 1.41. The van der Waals surface area contributed by atoms with Gasteiger partial charge in [0, 0.05) is 49.9 Å². The van der Waals surface area contributed by atoms with Crippen molar-refractivity contribution in [1.29, 1.82) is 5.26 Å². The van der Waals surface area contributed by atoms with Crippen molar-refractivity contribution in [2.75, 3.05) is 6.54 Å². The smallest absolute Gasteiger partial charge is 0.481 e. The van der Waals surface area contributed by atoms with Gasteiger partial charge < -0.3 is 66.9 Å². The molecule has 0 bridgehead atoms. The molecule has 4 rings (SSSR count). The van der Waals surface area contributed by atoms with Crippen LogP contribution in [0.3, 0.4) is 0 Å². The number of nitrogens with one attached hydrogen (secondary N) is 7. The molecule has 0 saturated heterocycles. The third-order valence-corrected chi connectivity index (χ3v) is 12.1. The number of rotatable bonds is 32. The monoisotopic (exact) mass is 1130 g/mol. The lowest BCUT2D eigenvalue weighted by Crippen LogP contribution is -2.53. The van der Waals surface area contributed by atoms with Crippen LogP contribution in [0.2, 0.25) is 0 Å². The van der Waals surface area contributed by atoms with Gasteiger partial charge in [-0.2, -0.15) is 13.7 Å². The molecule has 27 nitrogen and oxygen atoms in total. The Morgan fingerprint density at radius 3 is 1.62 bits per heavy atom. The van der Waals surface area contributed by atoms with E-state index in [1.807, 2.05) is 41.7 Å². The molecule has 80 heavy (non-hydrogen) atoms. The van der Waals surface area contributed by atoms with E-state index < -0.39 is 156 Å². The van der Waals surface area contributed by atoms with Gasteiger partial charge in [-0.15, -0.1) is 0 Å². The first kappa shape index (κ1) is 62.8. The van der Waals surface area contributed by atoms with Gasteiger partial charge >= 0.3 is 46.4 Å². The highest BCUT2D eigenvalue weighted by atomic mass is 32.3. The van der Waals surface area contributed by atoms with Gasteiger partial charge in [0.1, 0.15) is 36.3 Å². The molecule has 7 amide bonds. The zero-order chi connectivity index (χ0) is 59.1. The fraction of sp³-hybridized carbons (Fsp3) is 0.333. The molecule has 0 aliphatic rings. The second kappa shape index (κ2) is 30.3. The number of hydrogen-bond donors (Lipinski definition) is 12. The lowest BCUT2D eigenvalue weighted by molar-refractivity contribution is -0.141. The van der Waals surface area contributed by atoms with Crippen molar-refractivity contribution in [3.63, 3.8) is 0 Å². The summed E-state index contributed by atoms with van der Waals surface area (Å²) < 4.78 is 39.1. The predicted octanol–water partition coefficient (Wildman–Crippen LogP) is 1.63. The zero-order valence-electron chi connectivity index (χ0n) is 42.1. The summed E-state index contributed by atoms with van der Waals surface area (Å²) in [7, 11) is -5.56. The molecule has 4 aromatic carbocycles. The van der Waals surface area contributed by atoms with Crippen LogP contribution in [-0.4, -0.2) is 136 Å². The minimum atomic E-state index is -5.56. The third-order valence-electron chi connectivity index (χ3n) is 11.7. The summed E-state index contributed by atoms with van der Waals surface area (Å²) in [6, 6.07) is 14.0. The number of aliphatic carboxylic acids is 5. The van der Waals surface area contributed by atoms with Crippen molar-refractivity contribution >= 4 is 86.7 Å². The summed E-state index contributed by atoms with van der Waals surface area (Å²) in [5, 5.41) is 74.4. The maximum absolute atomic E-state index is 13.7. The number of halogens is 1. The standard InChI is InChI=1S/C51H55FN8O19S/c52-80(77,78)79-40-18-14-33(25-34(40)26-53)45(68)56-36(16-20-42(63)64)48(71)57-35(15-19-41(61)62)46(69)55-27-28-8-12-31(13-9-28)44(67)58-39(24-29-10-11-30-5-1-2-6-32(30)23-29)47(70)54-22-4-3-7-37(49(72)73)59-51(76)60-38(50(74)75)17-21-43(65)66/h1-2,5-6,8-14,18,23,25,35-39H,3-4,7,15-17,19-22,24,27H2,(H,54,70)(H,55,69)(H,56,68)(H,57,71)(H,58,67)(H,61,62)(H,63,64)(H,65,66)(H,72,73)(H,74,75)(H2,59,60,76)/t35-,36-,37-,38-,39-/m0/s1. The van der Waals surface area contributed by atoms with E-state index in [2.05, 4.69) is 36.1 Å². The van der Waals surface area contributed by atoms with Gasteiger partial charge in [0.25, 0.3) is 11.8 Å². The minimum absolute atomic E-state index is 0.0000200. The average molecular weight is 1140 g/mol. The van der Waals surface area contributed by atoms with Gasteiger partial charge in [0.2, 0.25) is 17.7 Å². The predicted molar refractivity (Wildman–Crippen MR) is 274 cm³/mol. The van der Waals surface area contributed by atoms with Crippen LogP contribution >= 0.6 is 0 Å². The van der Waals surface area contributed by atoms with Crippen molar-refractivity contribution in [3.05, 3.63) is 113 Å². The highest BCUT2D eigenvalue weighted by Crippen LogP contribution is 2.22. The van der Waals surface area contributed by atoms with Crippen molar-refractivity contribution in [3.8, 4) is 11.8 Å². The quantitative estimate of drug-likeness (QED) is 0.0244. The summed E-state index contributed by atoms with van der Waals surface area (Å²) in [4.78, 5) is 137. The van der Waals surface area contributed by atoms with E-state index in [1.165, 1.54) is 30.3 Å². The Kier molecular flexibility index (Phi) is 23.8. The normalized spacial score (nSPS) is 12.8. The summed E-state index contributed by atoms with van der Waals surface area (Å²) in [6.45, 7) is -0.243. The highest BCUT2D eigenvalue weighted by Gasteiger charge is 2.30. The number of carboxylic acid groups (broad SMARTS) is 5. The molecule has 0 unspecified atom stereocenters. The van der Waals surface area contributed by atoms with E-state index in [-0.39, 0.29) is 49.9 Å². The molecule has 12 N–H and O–H groups in total. The summed E-state index contributed by atoms with van der Waals surface area (Å²) >= 11 is 0. The van der Waals surface area contributed by atoms with Crippen LogP contribution in [0.5, 0.6) is 5.75 Å². The number of benzene rings is 4. The van der Waals surface area contributed by atoms with Gasteiger partial charge in [-0.3, -0.25) is 38.4 Å². The zero-order valence-corrected chi connectivity index (χ0v) is 43.0. The molecule has 29 heteroatoms. The molecule has 0 aliphatic heterocycles. The number of fused-ring (bicyclic) bond motifs is 1. The number of hydrogen-bond acceptors (Lipinski definition) is 15. The van der Waals surface area contributed by atoms with E-state index in [9.17, 15) is 90.7 Å². The number of nitrogens with zero attached hydrogens (tertiary/aromatic N) is 1. The second-order valence-electron chi connectivity index (χ2n) is 17.7. The average Bonchev–Trinajstić information content (AvgIpc) is 3.39. The number of carboxylic acids is 5. The van der Waals surface area contributed by atoms with Gasteiger partial charge in [-0.05, 0) is 90.8 Å². The molecule has 0 spiro atoms. The van der Waals surface area contributed by atoms with E-state index in [1.54, 1.807) is 6.07 Å². The Labute approximate surface area is 454 Å². The van der Waals surface area contributed by atoms with Crippen molar-refractivity contribution in [1.82, 2.24) is 37.2 Å². The molecule has 4 aromatic rings. The van der Waals surface area contributed by atoms with E-state index >= 15 is 0 Å². The van der Waals surface area contributed by atoms with Crippen molar-refractivity contribution < 1.29 is 94.8 Å². The topological polar surface area (TPSA) is 440 Å². The van der Waals surface area contributed by atoms with Crippen LogP contribution in [0.1, 0.15) is 95.2 Å². The number of urea groups is 1. The Bertz CT molecular complexity index is 3140. The third kappa shape index (κ3) is 21.4. The van der Waals surface area contributed by atoms with E-state index in [4.69, 9.17) is 5.11 Å². The molecule has 0 aliphatic carbocycles. The maximum atomic E-state index is 13.7. The summed E-state index contributed by atoms with van der Waals surface area (Å²) in [5.41, 5.74) is 0.176. The fourth-order valence-electron chi connectivity index (χ4n) is 7.61. The first-order valence-electron chi connectivity index (χ1n) is 24.2. The first-order chi connectivity index (χ1) is 37.8. The Morgan fingerprint density at radius 2 is 1.05 bits per heavy atom. The number of nitriles is 1. The largest absolute Gasteiger partial charge is 0.488 e. The summed E-state index contributed by atoms with van der Waals surface area (Å²) in [5.74, 6) is -12.2. The molecule has 0 heterocycles. The molecule has 5 atom stereocenters. The molecule has 0 aromatic heterocycles. The number of carbonyl (C=O) groups excluding carboxylic acids is 6. The lowest BCUT2D eigenvalue weighted by atomic mass is 10.0. The maximum Gasteiger partial charge on any atom is 0.488 e. The molecular formula is C51H55FN8O19S. The fourth-order valence-corrected chi connectivity index (χ4v) is 7.97. The molecule has 0 saturated carbocycles. The lowest BCUT2D eigenvalue weighted by Gasteiger charge is -2.23. The van der Waals surface area contributed by atoms with Crippen LogP contribution in [0.25, 0.3) is 10.8 Å². The van der Waals surface area contributed by atoms with Crippen LogP contribution in [0.15, 0.2) is 84.9 Å². The van der Waals surface area contributed by atoms with E-state index in [0.717, 1.165) is 29.0 Å². The van der Waals surface area contributed by atoms with Gasteiger partial charge in [-0.25, -0.2) is 14.4 Å². The van der Waals surface area contributed by atoms with Gasteiger partial charge in [-0.1, -0.05) is 58.5 Å². The first-order valence-corrected chi connectivity index (χ1v) is 25.5. The number of unbranched alkanes of at least 4 members (excludes halogenated alkanes) is 1. The Morgan fingerprint density at radius 1 is 0.537 bits per heavy atom. The minimum Gasteiger partial charge on any atom is -0.481 e. The van der Waals surface area contributed by atoms with Crippen LogP contribution < -0.4 is 41.4 Å². The summed E-state index contributed by atoms with van der Waals surface area (Å²) in [6.07, 6.45) is -3.16. The Hall–Kier alpha value is -9.72. The van der Waals surface area contributed by atoms with Crippen LogP contribution in [0.4, 0.5) is 8.68 Å². The molecule has 426 valence electrons. The van der Waals surface area contributed by atoms with Crippen LogP contribution in [0, 0.1) is 11.3 Å². The highest BCUT2D eigenvalue weighted by molar-refractivity contribution is 7.81. The van der Waals surface area contributed by atoms with Gasteiger partial charge in [0.05, 0.1) is 5.56 Å². The van der Waals surface area contributed by atoms with E-state index in [0.29, 0.717) is 11.1 Å². The van der Waals surface area contributed by atoms with Gasteiger partial charge in [0.15, 0.2) is 5.75 Å². The molecule has 0 radical (unpaired) electrons. The van der Waals surface area contributed by atoms with Crippen LogP contribution in [-0.2, 0) is 61.8 Å². The van der Waals surface area contributed by atoms with Crippen molar-refractivity contribution in [2.45, 2.75) is 101 Å². The number of amides is 7. The number of carbonyl (C=O) groups is 11. The second-order valence-corrected chi connectivity index (χ2v) is 18.6. The van der Waals surface area contributed by atoms with Crippen molar-refractivity contribution in [2.24, 2.45) is 0 Å². The molecule has 0 fully saturated rings. The SMILES string of the molecule is N#Cc1cc(C(=O)N[C@@H](CCC(=O)O)C(=O)N[C@@H](CCC(=O)O)C(=O)NCc2ccc(C(=O)N[C@@H](Cc3ccc4ccccc4c3)C(=O)NCCCC[C@H](NC(=O)N[C@@H](CCC(=O)O)C(=O)O)C(=O)O)cc2)ccc1OS(=O)(=O)F. The molecular weight excluding hydrogens is 1080 g/mol.